The second-order valence-corrected chi connectivity index (χ2v) is 4.26. The zero-order valence-corrected chi connectivity index (χ0v) is 10.5. The quantitative estimate of drug-likeness (QED) is 0.632. The lowest BCUT2D eigenvalue weighted by Crippen LogP contribution is -2.22. The van der Waals surface area contributed by atoms with Gasteiger partial charge >= 0.3 is 5.97 Å². The van der Waals surface area contributed by atoms with Gasteiger partial charge < -0.3 is 15.4 Å². The molecule has 0 unspecified atom stereocenters. The van der Waals surface area contributed by atoms with Gasteiger partial charge in [0.15, 0.2) is 0 Å². The van der Waals surface area contributed by atoms with Crippen molar-refractivity contribution in [2.24, 2.45) is 0 Å². The normalized spacial score (nSPS) is 13.3. The van der Waals surface area contributed by atoms with Gasteiger partial charge in [0.1, 0.15) is 0 Å². The summed E-state index contributed by atoms with van der Waals surface area (Å²) >= 11 is 0. The average molecular weight is 248 g/mol. The number of ether oxygens (including phenoxy) is 1. The molecule has 1 aromatic carbocycles. The zero-order chi connectivity index (χ0) is 13.3. The number of nitrogens with zero attached hydrogens (tertiary/aromatic N) is 1. The van der Waals surface area contributed by atoms with E-state index < -0.39 is 5.97 Å². The van der Waals surface area contributed by atoms with Gasteiger partial charge in [-0.25, -0.2) is 4.79 Å². The molecule has 5 heteroatoms. The summed E-state index contributed by atoms with van der Waals surface area (Å²) in [4.78, 5) is 25.0. The Balaban J connectivity index is 2.41. The summed E-state index contributed by atoms with van der Waals surface area (Å²) in [5.74, 6) is -0.433. The highest BCUT2D eigenvalue weighted by atomic mass is 16.5. The van der Waals surface area contributed by atoms with E-state index in [9.17, 15) is 9.59 Å². The molecule has 96 valence electrons. The van der Waals surface area contributed by atoms with Crippen LogP contribution in [-0.2, 0) is 22.6 Å². The van der Waals surface area contributed by atoms with Gasteiger partial charge in [-0.1, -0.05) is 6.07 Å². The first kappa shape index (κ1) is 12.4. The Bertz CT molecular complexity index is 511. The molecule has 0 bridgehead atoms. The Morgan fingerprint density at radius 3 is 2.72 bits per heavy atom. The number of fused-ring (bicyclic) bond motifs is 1. The van der Waals surface area contributed by atoms with E-state index in [0.29, 0.717) is 30.9 Å². The highest BCUT2D eigenvalue weighted by molar-refractivity contribution is 5.97. The van der Waals surface area contributed by atoms with Crippen LogP contribution in [0.1, 0.15) is 35.3 Å². The number of esters is 1. The summed E-state index contributed by atoms with van der Waals surface area (Å²) in [5, 5.41) is 0. The molecule has 1 amide bonds. The van der Waals surface area contributed by atoms with Crippen LogP contribution in [0, 0.1) is 0 Å². The fourth-order valence-electron chi connectivity index (χ4n) is 2.16. The van der Waals surface area contributed by atoms with Crippen LogP contribution in [0.2, 0.25) is 0 Å². The van der Waals surface area contributed by atoms with Crippen LogP contribution in [0.4, 0.5) is 5.69 Å². The maximum Gasteiger partial charge on any atom is 0.340 e. The lowest BCUT2D eigenvalue weighted by Gasteiger charge is -2.12. The minimum atomic E-state index is -0.419. The summed E-state index contributed by atoms with van der Waals surface area (Å²) in [6.45, 7) is 4.51. The molecule has 0 aromatic heterocycles. The molecule has 18 heavy (non-hydrogen) atoms. The molecular formula is C13H16N2O3. The number of nitrogen functional groups attached to an aromatic ring is 1. The number of rotatable bonds is 2. The summed E-state index contributed by atoms with van der Waals surface area (Å²) in [6.07, 6.45) is 0. The Labute approximate surface area is 106 Å². The van der Waals surface area contributed by atoms with E-state index >= 15 is 0 Å². The van der Waals surface area contributed by atoms with Crippen LogP contribution in [-0.4, -0.2) is 23.4 Å². The van der Waals surface area contributed by atoms with Crippen LogP contribution < -0.4 is 5.73 Å². The monoisotopic (exact) mass is 248 g/mol. The molecule has 1 aliphatic rings. The predicted molar refractivity (Wildman–Crippen MR) is 66.7 cm³/mol. The maximum atomic E-state index is 11.9. The molecular weight excluding hydrogens is 232 g/mol. The smallest absolute Gasteiger partial charge is 0.340 e. The predicted octanol–water partition coefficient (Wildman–Crippen LogP) is 1.31. The standard InChI is InChI=1S/C13H16N2O3/c1-3-18-13(17)12-10-7-15(8(2)16)6-9(10)4-5-11(12)14/h4-5H,3,6-7,14H2,1-2H3. The topological polar surface area (TPSA) is 72.6 Å². The molecule has 0 radical (unpaired) electrons. The second kappa shape index (κ2) is 4.68. The van der Waals surface area contributed by atoms with E-state index in [-0.39, 0.29) is 5.91 Å². The molecule has 1 heterocycles. The van der Waals surface area contributed by atoms with E-state index in [1.807, 2.05) is 6.07 Å². The molecule has 1 aliphatic heterocycles. The van der Waals surface area contributed by atoms with Gasteiger partial charge in [-0.2, -0.15) is 0 Å². The van der Waals surface area contributed by atoms with Crippen LogP contribution in [0.15, 0.2) is 12.1 Å². The number of anilines is 1. The van der Waals surface area contributed by atoms with Crippen molar-refractivity contribution in [3.8, 4) is 0 Å². The lowest BCUT2D eigenvalue weighted by molar-refractivity contribution is -0.129. The first-order valence-corrected chi connectivity index (χ1v) is 5.87. The highest BCUT2D eigenvalue weighted by Gasteiger charge is 2.27. The van der Waals surface area contributed by atoms with Crippen molar-refractivity contribution >= 4 is 17.6 Å². The van der Waals surface area contributed by atoms with Gasteiger partial charge in [0.25, 0.3) is 0 Å². The number of nitrogens with two attached hydrogens (primary N) is 1. The molecule has 2 rings (SSSR count). The summed E-state index contributed by atoms with van der Waals surface area (Å²) in [6, 6.07) is 3.55. The van der Waals surface area contributed by atoms with Crippen molar-refractivity contribution in [2.45, 2.75) is 26.9 Å². The largest absolute Gasteiger partial charge is 0.462 e. The molecule has 0 fully saturated rings. The second-order valence-electron chi connectivity index (χ2n) is 4.26. The number of carbonyl (C=O) groups is 2. The van der Waals surface area contributed by atoms with Crippen molar-refractivity contribution in [1.29, 1.82) is 0 Å². The Morgan fingerprint density at radius 2 is 2.11 bits per heavy atom. The molecule has 0 saturated carbocycles. The number of hydrogen-bond donors (Lipinski definition) is 1. The third-order valence-corrected chi connectivity index (χ3v) is 3.08. The van der Waals surface area contributed by atoms with Gasteiger partial charge in [-0.05, 0) is 24.1 Å². The van der Waals surface area contributed by atoms with Gasteiger partial charge in [0, 0.05) is 25.7 Å². The van der Waals surface area contributed by atoms with Crippen molar-refractivity contribution in [2.75, 3.05) is 12.3 Å². The molecule has 0 aliphatic carbocycles. The number of carbonyl (C=O) groups excluding carboxylic acids is 2. The van der Waals surface area contributed by atoms with E-state index in [1.54, 1.807) is 17.9 Å². The summed E-state index contributed by atoms with van der Waals surface area (Å²) < 4.78 is 5.01. The Morgan fingerprint density at radius 1 is 1.39 bits per heavy atom. The summed E-state index contributed by atoms with van der Waals surface area (Å²) in [7, 11) is 0. The van der Waals surface area contributed by atoms with Crippen LogP contribution >= 0.6 is 0 Å². The van der Waals surface area contributed by atoms with Gasteiger partial charge in [-0.3, -0.25) is 4.79 Å². The zero-order valence-electron chi connectivity index (χ0n) is 10.5. The molecule has 0 spiro atoms. The first-order chi connectivity index (χ1) is 8.54. The van der Waals surface area contributed by atoms with Crippen molar-refractivity contribution in [3.63, 3.8) is 0 Å². The molecule has 5 nitrogen and oxygen atoms in total. The lowest BCUT2D eigenvalue weighted by atomic mass is 10.0. The van der Waals surface area contributed by atoms with Gasteiger partial charge in [0.05, 0.1) is 12.2 Å². The number of benzene rings is 1. The molecule has 0 saturated heterocycles. The van der Waals surface area contributed by atoms with Crippen molar-refractivity contribution in [1.82, 2.24) is 4.90 Å². The Kier molecular flexibility index (Phi) is 3.23. The van der Waals surface area contributed by atoms with Gasteiger partial charge in [-0.15, -0.1) is 0 Å². The first-order valence-electron chi connectivity index (χ1n) is 5.87. The third-order valence-electron chi connectivity index (χ3n) is 3.08. The van der Waals surface area contributed by atoms with E-state index in [0.717, 1.165) is 11.1 Å². The molecule has 2 N–H and O–H groups in total. The molecule has 1 aromatic rings. The van der Waals surface area contributed by atoms with E-state index in [2.05, 4.69) is 0 Å². The minimum Gasteiger partial charge on any atom is -0.462 e. The van der Waals surface area contributed by atoms with Crippen LogP contribution in [0.25, 0.3) is 0 Å². The fraction of sp³-hybridized carbons (Fsp3) is 0.385. The Hall–Kier alpha value is -2.04. The van der Waals surface area contributed by atoms with E-state index in [4.69, 9.17) is 10.5 Å². The highest BCUT2D eigenvalue weighted by Crippen LogP contribution is 2.30. The van der Waals surface area contributed by atoms with E-state index in [1.165, 1.54) is 6.92 Å². The van der Waals surface area contributed by atoms with Crippen LogP contribution in [0.5, 0.6) is 0 Å². The maximum absolute atomic E-state index is 11.9. The van der Waals surface area contributed by atoms with Crippen LogP contribution in [0.3, 0.4) is 0 Å². The van der Waals surface area contributed by atoms with Crippen molar-refractivity contribution < 1.29 is 14.3 Å². The fourth-order valence-corrected chi connectivity index (χ4v) is 2.16. The summed E-state index contributed by atoms with van der Waals surface area (Å²) in [5.41, 5.74) is 8.41. The number of hydrogen-bond acceptors (Lipinski definition) is 4. The van der Waals surface area contributed by atoms with Gasteiger partial charge in [0.2, 0.25) is 5.91 Å². The average Bonchev–Trinajstić information content (AvgIpc) is 2.72. The van der Waals surface area contributed by atoms with Crippen molar-refractivity contribution in [3.05, 3.63) is 28.8 Å². The molecule has 0 atom stereocenters. The SMILES string of the molecule is CCOC(=O)c1c(N)ccc2c1CN(C(C)=O)C2. The number of amides is 1. The minimum absolute atomic E-state index is 0.0143. The third kappa shape index (κ3) is 2.03.